The normalized spacial score (nSPS) is 22.6. The SMILES string of the molecule is CCOC1CC(n2c(CCCl)nc3cnccc32)C1. The number of aryl methyl sites for hydroxylation is 1. The zero-order valence-electron chi connectivity index (χ0n) is 11.1. The van der Waals surface area contributed by atoms with Crippen LogP contribution >= 0.6 is 11.6 Å². The van der Waals surface area contributed by atoms with E-state index in [-0.39, 0.29) is 0 Å². The van der Waals surface area contributed by atoms with Crippen molar-refractivity contribution >= 4 is 22.6 Å². The van der Waals surface area contributed by atoms with Crippen LogP contribution in [0, 0.1) is 0 Å². The molecule has 0 amide bonds. The van der Waals surface area contributed by atoms with Crippen molar-refractivity contribution in [3.63, 3.8) is 0 Å². The first-order valence-corrected chi connectivity index (χ1v) is 7.35. The Hall–Kier alpha value is -1.13. The van der Waals surface area contributed by atoms with Gasteiger partial charge in [0.15, 0.2) is 0 Å². The number of pyridine rings is 1. The van der Waals surface area contributed by atoms with E-state index in [4.69, 9.17) is 16.3 Å². The molecule has 0 unspecified atom stereocenters. The Bertz CT molecular complexity index is 563. The van der Waals surface area contributed by atoms with Gasteiger partial charge in [-0.25, -0.2) is 4.98 Å². The molecule has 1 aliphatic carbocycles. The van der Waals surface area contributed by atoms with Crippen LogP contribution in [0.1, 0.15) is 31.6 Å². The molecule has 2 aromatic rings. The first kappa shape index (κ1) is 12.9. The average molecular weight is 280 g/mol. The van der Waals surface area contributed by atoms with Crippen molar-refractivity contribution in [2.45, 2.75) is 38.3 Å². The molecule has 2 aromatic heterocycles. The number of imidazole rings is 1. The highest BCUT2D eigenvalue weighted by molar-refractivity contribution is 6.17. The van der Waals surface area contributed by atoms with Crippen molar-refractivity contribution < 1.29 is 4.74 Å². The van der Waals surface area contributed by atoms with Gasteiger partial charge in [-0.05, 0) is 25.8 Å². The van der Waals surface area contributed by atoms with E-state index in [1.165, 1.54) is 0 Å². The summed E-state index contributed by atoms with van der Waals surface area (Å²) in [5.41, 5.74) is 2.12. The zero-order valence-corrected chi connectivity index (χ0v) is 11.8. The van der Waals surface area contributed by atoms with Gasteiger partial charge in [0.25, 0.3) is 0 Å². The molecule has 4 nitrogen and oxygen atoms in total. The third-order valence-electron chi connectivity index (χ3n) is 3.72. The molecule has 0 spiro atoms. The number of aromatic nitrogens is 3. The topological polar surface area (TPSA) is 39.9 Å². The summed E-state index contributed by atoms with van der Waals surface area (Å²) < 4.78 is 7.97. The van der Waals surface area contributed by atoms with Gasteiger partial charge in [-0.2, -0.15) is 0 Å². The van der Waals surface area contributed by atoms with Gasteiger partial charge in [0, 0.05) is 31.1 Å². The highest BCUT2D eigenvalue weighted by atomic mass is 35.5. The molecule has 0 radical (unpaired) electrons. The van der Waals surface area contributed by atoms with E-state index in [1.54, 1.807) is 0 Å². The molecule has 1 saturated carbocycles. The van der Waals surface area contributed by atoms with E-state index < -0.39 is 0 Å². The number of halogens is 1. The Morgan fingerprint density at radius 2 is 2.32 bits per heavy atom. The van der Waals surface area contributed by atoms with E-state index in [1.807, 2.05) is 25.4 Å². The Morgan fingerprint density at radius 1 is 1.47 bits per heavy atom. The molecule has 1 fully saturated rings. The van der Waals surface area contributed by atoms with Gasteiger partial charge in [0.2, 0.25) is 0 Å². The zero-order chi connectivity index (χ0) is 13.2. The minimum atomic E-state index is 0.401. The van der Waals surface area contributed by atoms with Crippen LogP contribution in [-0.2, 0) is 11.2 Å². The van der Waals surface area contributed by atoms with Gasteiger partial charge in [-0.3, -0.25) is 4.98 Å². The Kier molecular flexibility index (Phi) is 3.71. The molecule has 1 aliphatic rings. The second-order valence-corrected chi connectivity index (χ2v) is 5.28. The van der Waals surface area contributed by atoms with Crippen molar-refractivity contribution in [2.24, 2.45) is 0 Å². The summed E-state index contributed by atoms with van der Waals surface area (Å²) in [6.07, 6.45) is 6.98. The molecule has 3 rings (SSSR count). The molecule has 102 valence electrons. The Morgan fingerprint density at radius 3 is 3.05 bits per heavy atom. The molecular weight excluding hydrogens is 262 g/mol. The molecule has 0 aromatic carbocycles. The summed E-state index contributed by atoms with van der Waals surface area (Å²) >= 11 is 5.89. The minimum Gasteiger partial charge on any atom is -0.378 e. The third-order valence-corrected chi connectivity index (χ3v) is 3.91. The van der Waals surface area contributed by atoms with E-state index in [9.17, 15) is 0 Å². The van der Waals surface area contributed by atoms with Crippen LogP contribution < -0.4 is 0 Å². The van der Waals surface area contributed by atoms with Gasteiger partial charge in [0.1, 0.15) is 11.3 Å². The van der Waals surface area contributed by atoms with Crippen LogP contribution in [0.4, 0.5) is 0 Å². The maximum Gasteiger partial charge on any atom is 0.111 e. The minimum absolute atomic E-state index is 0.401. The van der Waals surface area contributed by atoms with E-state index in [2.05, 4.69) is 14.5 Å². The summed E-state index contributed by atoms with van der Waals surface area (Å²) in [5.74, 6) is 1.66. The molecule has 0 atom stereocenters. The van der Waals surface area contributed by atoms with Crippen molar-refractivity contribution in [3.8, 4) is 0 Å². The first-order valence-electron chi connectivity index (χ1n) is 6.81. The molecule has 0 aliphatic heterocycles. The quantitative estimate of drug-likeness (QED) is 0.790. The van der Waals surface area contributed by atoms with Crippen LogP contribution in [-0.4, -0.2) is 33.1 Å². The van der Waals surface area contributed by atoms with Gasteiger partial charge in [-0.15, -0.1) is 11.6 Å². The summed E-state index contributed by atoms with van der Waals surface area (Å²) in [5, 5.41) is 0. The van der Waals surface area contributed by atoms with Crippen LogP contribution in [0.5, 0.6) is 0 Å². The number of ether oxygens (including phenoxy) is 1. The molecule has 0 bridgehead atoms. The van der Waals surface area contributed by atoms with Crippen molar-refractivity contribution in [2.75, 3.05) is 12.5 Å². The lowest BCUT2D eigenvalue weighted by molar-refractivity contribution is -0.0192. The summed E-state index contributed by atoms with van der Waals surface area (Å²) in [7, 11) is 0. The maximum absolute atomic E-state index is 5.89. The predicted octanol–water partition coefficient (Wildman–Crippen LogP) is 2.95. The smallest absolute Gasteiger partial charge is 0.111 e. The maximum atomic E-state index is 5.89. The highest BCUT2D eigenvalue weighted by Gasteiger charge is 2.33. The van der Waals surface area contributed by atoms with Gasteiger partial charge >= 0.3 is 0 Å². The first-order chi connectivity index (χ1) is 9.33. The van der Waals surface area contributed by atoms with Gasteiger partial charge in [-0.1, -0.05) is 0 Å². The van der Waals surface area contributed by atoms with Crippen molar-refractivity contribution in [3.05, 3.63) is 24.3 Å². The lowest BCUT2D eigenvalue weighted by Crippen LogP contribution is -2.34. The van der Waals surface area contributed by atoms with E-state index in [0.29, 0.717) is 18.0 Å². The Labute approximate surface area is 117 Å². The second kappa shape index (κ2) is 5.47. The Balaban J connectivity index is 1.90. The number of nitrogens with zero attached hydrogens (tertiary/aromatic N) is 3. The van der Waals surface area contributed by atoms with Gasteiger partial charge in [0.05, 0.1) is 17.8 Å². The molecular formula is C14H18ClN3O. The van der Waals surface area contributed by atoms with E-state index >= 15 is 0 Å². The van der Waals surface area contributed by atoms with Crippen LogP contribution in [0.25, 0.3) is 11.0 Å². The third kappa shape index (κ3) is 2.35. The van der Waals surface area contributed by atoms with Crippen LogP contribution in [0.15, 0.2) is 18.5 Å². The molecule has 19 heavy (non-hydrogen) atoms. The summed E-state index contributed by atoms with van der Waals surface area (Å²) in [4.78, 5) is 8.79. The average Bonchev–Trinajstić information content (AvgIpc) is 2.72. The molecule has 2 heterocycles. The van der Waals surface area contributed by atoms with Gasteiger partial charge < -0.3 is 9.30 Å². The monoisotopic (exact) mass is 279 g/mol. The summed E-state index contributed by atoms with van der Waals surface area (Å²) in [6, 6.07) is 2.52. The largest absolute Gasteiger partial charge is 0.378 e. The standard InChI is InChI=1S/C14H18ClN3O/c1-2-19-11-7-10(8-11)18-13-4-6-16-9-12(13)17-14(18)3-5-15/h4,6,9-11H,2-3,5,7-8H2,1H3. The number of hydrogen-bond acceptors (Lipinski definition) is 3. The van der Waals surface area contributed by atoms with Crippen molar-refractivity contribution in [1.82, 2.24) is 14.5 Å². The fourth-order valence-corrected chi connectivity index (χ4v) is 2.96. The van der Waals surface area contributed by atoms with E-state index in [0.717, 1.165) is 42.7 Å². The molecule has 0 saturated heterocycles. The molecule has 5 heteroatoms. The highest BCUT2D eigenvalue weighted by Crippen LogP contribution is 2.37. The number of hydrogen-bond donors (Lipinski definition) is 0. The number of fused-ring (bicyclic) bond motifs is 1. The van der Waals surface area contributed by atoms with Crippen molar-refractivity contribution in [1.29, 1.82) is 0 Å². The number of alkyl halides is 1. The van der Waals surface area contributed by atoms with Crippen LogP contribution in [0.2, 0.25) is 0 Å². The predicted molar refractivity (Wildman–Crippen MR) is 75.6 cm³/mol. The lowest BCUT2D eigenvalue weighted by Gasteiger charge is -2.37. The summed E-state index contributed by atoms with van der Waals surface area (Å²) in [6.45, 7) is 2.84. The molecule has 0 N–H and O–H groups in total. The lowest BCUT2D eigenvalue weighted by atomic mass is 9.88. The number of rotatable bonds is 5. The second-order valence-electron chi connectivity index (χ2n) is 4.90. The fourth-order valence-electron chi connectivity index (χ4n) is 2.79. The fraction of sp³-hybridized carbons (Fsp3) is 0.571. The van der Waals surface area contributed by atoms with Crippen LogP contribution in [0.3, 0.4) is 0 Å².